The Kier molecular flexibility index (Phi) is 8.10. The van der Waals surface area contributed by atoms with E-state index in [1.807, 2.05) is 30.3 Å². The van der Waals surface area contributed by atoms with Gasteiger partial charge in [-0.2, -0.15) is 13.2 Å². The average molecular weight is 573 g/mol. The lowest BCUT2D eigenvalue weighted by molar-refractivity contribution is -0.140. The molecule has 4 aromatic carbocycles. The Morgan fingerprint density at radius 1 is 0.881 bits per heavy atom. The number of halogens is 3. The molecule has 0 fully saturated rings. The highest BCUT2D eigenvalue weighted by Gasteiger charge is 2.35. The van der Waals surface area contributed by atoms with Crippen molar-refractivity contribution in [2.75, 3.05) is 6.54 Å². The second kappa shape index (κ2) is 11.9. The molecule has 1 heterocycles. The van der Waals surface area contributed by atoms with E-state index in [9.17, 15) is 27.6 Å². The molecular formula is C33H27F3N2O4. The van der Waals surface area contributed by atoms with Crippen LogP contribution in [0.4, 0.5) is 13.2 Å². The van der Waals surface area contributed by atoms with Crippen LogP contribution in [0.2, 0.25) is 0 Å². The first kappa shape index (κ1) is 28.6. The SMILES string of the molecule is NC(=O)C1c2ccc(OC(=O)c3ccccc3-c3ccc(C(F)(F)F)cc3)cc2CCN1C(=O)CCc1ccccc1. The predicted molar refractivity (Wildman–Crippen MR) is 150 cm³/mol. The lowest BCUT2D eigenvalue weighted by atomic mass is 9.91. The Morgan fingerprint density at radius 2 is 1.57 bits per heavy atom. The molecule has 0 aromatic heterocycles. The summed E-state index contributed by atoms with van der Waals surface area (Å²) in [5, 5.41) is 0. The highest BCUT2D eigenvalue weighted by atomic mass is 19.4. The van der Waals surface area contributed by atoms with Gasteiger partial charge in [-0.05, 0) is 71.0 Å². The number of aryl methyl sites for hydroxylation is 1. The maximum absolute atomic E-state index is 13.2. The van der Waals surface area contributed by atoms with Crippen LogP contribution in [-0.4, -0.2) is 29.2 Å². The minimum atomic E-state index is -4.47. The van der Waals surface area contributed by atoms with E-state index in [-0.39, 0.29) is 30.2 Å². The number of ether oxygens (including phenoxy) is 1. The van der Waals surface area contributed by atoms with Crippen LogP contribution in [0.5, 0.6) is 5.75 Å². The van der Waals surface area contributed by atoms with Gasteiger partial charge in [0, 0.05) is 13.0 Å². The molecule has 1 aliphatic heterocycles. The molecule has 1 unspecified atom stereocenters. The third-order valence-corrected chi connectivity index (χ3v) is 7.28. The first-order valence-corrected chi connectivity index (χ1v) is 13.4. The third-order valence-electron chi connectivity index (χ3n) is 7.28. The van der Waals surface area contributed by atoms with E-state index >= 15 is 0 Å². The maximum Gasteiger partial charge on any atom is 0.416 e. The molecular weight excluding hydrogens is 545 g/mol. The highest BCUT2D eigenvalue weighted by molar-refractivity contribution is 5.98. The molecule has 5 rings (SSSR count). The summed E-state index contributed by atoms with van der Waals surface area (Å²) >= 11 is 0. The van der Waals surface area contributed by atoms with Crippen LogP contribution in [0.15, 0.2) is 97.1 Å². The fraction of sp³-hybridized carbons (Fsp3) is 0.182. The second-order valence-corrected chi connectivity index (χ2v) is 10.00. The van der Waals surface area contributed by atoms with Gasteiger partial charge in [-0.3, -0.25) is 9.59 Å². The Bertz CT molecular complexity index is 1620. The molecule has 0 aliphatic carbocycles. The average Bonchev–Trinajstić information content (AvgIpc) is 2.99. The van der Waals surface area contributed by atoms with E-state index < -0.39 is 29.7 Å². The number of fused-ring (bicyclic) bond motifs is 1. The Balaban J connectivity index is 1.33. The standard InChI is InChI=1S/C33H27F3N2O4/c34-33(35,36)24-13-11-22(12-14-24)26-8-4-5-9-28(26)32(41)42-25-15-16-27-23(20-25)18-19-38(30(27)31(37)40)29(39)17-10-21-6-2-1-3-7-21/h1-9,11-16,20,30H,10,17-19H2,(H2,37,40). The van der Waals surface area contributed by atoms with Crippen LogP contribution in [0.25, 0.3) is 11.1 Å². The number of rotatable bonds is 7. The van der Waals surface area contributed by atoms with Crippen LogP contribution in [0.3, 0.4) is 0 Å². The molecule has 6 nitrogen and oxygen atoms in total. The topological polar surface area (TPSA) is 89.7 Å². The van der Waals surface area contributed by atoms with Crippen molar-refractivity contribution in [1.29, 1.82) is 0 Å². The van der Waals surface area contributed by atoms with Gasteiger partial charge in [-0.15, -0.1) is 0 Å². The molecule has 2 amide bonds. The van der Waals surface area contributed by atoms with Crippen LogP contribution in [0, 0.1) is 0 Å². The molecule has 4 aromatic rings. The van der Waals surface area contributed by atoms with Gasteiger partial charge in [0.15, 0.2) is 0 Å². The van der Waals surface area contributed by atoms with Gasteiger partial charge < -0.3 is 15.4 Å². The number of esters is 1. The second-order valence-electron chi connectivity index (χ2n) is 10.00. The number of benzene rings is 4. The summed E-state index contributed by atoms with van der Waals surface area (Å²) in [5.74, 6) is -1.29. The van der Waals surface area contributed by atoms with Gasteiger partial charge in [-0.25, -0.2) is 4.79 Å². The van der Waals surface area contributed by atoms with Crippen molar-refractivity contribution in [2.45, 2.75) is 31.5 Å². The summed E-state index contributed by atoms with van der Waals surface area (Å²) < 4.78 is 44.7. The number of nitrogens with two attached hydrogens (primary N) is 1. The molecule has 0 radical (unpaired) electrons. The van der Waals surface area contributed by atoms with Crippen LogP contribution in [-0.2, 0) is 28.6 Å². The van der Waals surface area contributed by atoms with E-state index in [1.54, 1.807) is 30.3 Å². The molecule has 1 aliphatic rings. The molecule has 214 valence electrons. The number of hydrogen-bond acceptors (Lipinski definition) is 4. The maximum atomic E-state index is 13.2. The number of hydrogen-bond donors (Lipinski definition) is 1. The van der Waals surface area contributed by atoms with Crippen molar-refractivity contribution in [2.24, 2.45) is 5.73 Å². The summed E-state index contributed by atoms with van der Waals surface area (Å²) in [6.45, 7) is 0.280. The monoisotopic (exact) mass is 572 g/mol. The number of alkyl halides is 3. The minimum absolute atomic E-state index is 0.177. The molecule has 42 heavy (non-hydrogen) atoms. The van der Waals surface area contributed by atoms with Crippen molar-refractivity contribution in [3.05, 3.63) is 125 Å². The van der Waals surface area contributed by atoms with Gasteiger partial charge in [-0.1, -0.05) is 66.7 Å². The summed E-state index contributed by atoms with van der Waals surface area (Å²) in [7, 11) is 0. The first-order chi connectivity index (χ1) is 20.1. The molecule has 0 saturated heterocycles. The zero-order valence-electron chi connectivity index (χ0n) is 22.4. The van der Waals surface area contributed by atoms with Gasteiger partial charge in [0.05, 0.1) is 11.1 Å². The van der Waals surface area contributed by atoms with Gasteiger partial charge in [0.1, 0.15) is 11.8 Å². The van der Waals surface area contributed by atoms with E-state index in [2.05, 4.69) is 0 Å². The Labute approximate surface area is 240 Å². The fourth-order valence-electron chi connectivity index (χ4n) is 5.20. The van der Waals surface area contributed by atoms with Crippen molar-refractivity contribution < 1.29 is 32.3 Å². The molecule has 2 N–H and O–H groups in total. The molecule has 0 spiro atoms. The molecule has 1 atom stereocenters. The summed E-state index contributed by atoms with van der Waals surface area (Å²) in [4.78, 5) is 40.2. The summed E-state index contributed by atoms with van der Waals surface area (Å²) in [5.41, 5.74) is 8.31. The lowest BCUT2D eigenvalue weighted by Gasteiger charge is -2.35. The van der Waals surface area contributed by atoms with E-state index in [4.69, 9.17) is 10.5 Å². The van der Waals surface area contributed by atoms with Crippen molar-refractivity contribution in [3.8, 4) is 16.9 Å². The van der Waals surface area contributed by atoms with Crippen molar-refractivity contribution in [3.63, 3.8) is 0 Å². The van der Waals surface area contributed by atoms with E-state index in [1.165, 1.54) is 29.2 Å². The quantitative estimate of drug-likeness (QED) is 0.213. The van der Waals surface area contributed by atoms with Gasteiger partial charge >= 0.3 is 12.1 Å². The Morgan fingerprint density at radius 3 is 2.26 bits per heavy atom. The Hall–Kier alpha value is -4.92. The van der Waals surface area contributed by atoms with E-state index in [0.29, 0.717) is 29.5 Å². The van der Waals surface area contributed by atoms with Crippen molar-refractivity contribution >= 4 is 17.8 Å². The number of primary amides is 1. The number of carbonyl (C=O) groups is 3. The fourth-order valence-corrected chi connectivity index (χ4v) is 5.20. The molecule has 0 bridgehead atoms. The van der Waals surface area contributed by atoms with Crippen LogP contribution >= 0.6 is 0 Å². The van der Waals surface area contributed by atoms with Crippen LogP contribution in [0.1, 0.15) is 45.1 Å². The van der Waals surface area contributed by atoms with Crippen LogP contribution < -0.4 is 10.5 Å². The zero-order chi connectivity index (χ0) is 29.9. The number of amides is 2. The van der Waals surface area contributed by atoms with E-state index in [0.717, 1.165) is 23.3 Å². The smallest absolute Gasteiger partial charge is 0.416 e. The van der Waals surface area contributed by atoms with Crippen molar-refractivity contribution in [1.82, 2.24) is 4.90 Å². The van der Waals surface area contributed by atoms with Gasteiger partial charge in [0.2, 0.25) is 11.8 Å². The molecule has 0 saturated carbocycles. The third kappa shape index (κ3) is 6.20. The normalized spacial score (nSPS) is 14.6. The highest BCUT2D eigenvalue weighted by Crippen LogP contribution is 2.34. The first-order valence-electron chi connectivity index (χ1n) is 13.4. The molecule has 9 heteroatoms. The number of nitrogens with zero attached hydrogens (tertiary/aromatic N) is 1. The number of carbonyl (C=O) groups excluding carboxylic acids is 3. The zero-order valence-corrected chi connectivity index (χ0v) is 22.4. The lowest BCUT2D eigenvalue weighted by Crippen LogP contribution is -2.45. The predicted octanol–water partition coefficient (Wildman–Crippen LogP) is 6.14. The minimum Gasteiger partial charge on any atom is -0.423 e. The van der Waals surface area contributed by atoms with Gasteiger partial charge in [0.25, 0.3) is 0 Å². The largest absolute Gasteiger partial charge is 0.423 e. The summed E-state index contributed by atoms with van der Waals surface area (Å²) in [6, 6.07) is 24.5. The summed E-state index contributed by atoms with van der Waals surface area (Å²) in [6.07, 6.45) is -3.26.